The molecule has 0 radical (unpaired) electrons. The number of nitrogens with zero attached hydrogens (tertiary/aromatic N) is 3. The lowest BCUT2D eigenvalue weighted by atomic mass is 10.3. The predicted octanol–water partition coefficient (Wildman–Crippen LogP) is -0.00760. The van der Waals surface area contributed by atoms with Crippen LogP contribution in [0, 0.1) is 0 Å². The van der Waals surface area contributed by atoms with Crippen LogP contribution < -0.4 is 5.32 Å². The molecule has 3 rings (SSSR count). The molecule has 0 bridgehead atoms. The van der Waals surface area contributed by atoms with E-state index in [1.807, 2.05) is 0 Å². The minimum Gasteiger partial charge on any atom is -0.417 e. The number of carbonyl (C=O) groups excluding carboxylic acids is 1. The molecule has 1 N–H and O–H groups in total. The van der Waals surface area contributed by atoms with E-state index in [2.05, 4.69) is 15.5 Å². The second kappa shape index (κ2) is 3.86. The van der Waals surface area contributed by atoms with Crippen LogP contribution in [-0.4, -0.2) is 47.2 Å². The van der Waals surface area contributed by atoms with Crippen molar-refractivity contribution in [2.24, 2.45) is 0 Å². The number of nitrogens with one attached hydrogen (secondary N) is 1. The van der Waals surface area contributed by atoms with Crippen molar-refractivity contribution in [3.8, 4) is 0 Å². The van der Waals surface area contributed by atoms with Crippen molar-refractivity contribution in [3.63, 3.8) is 0 Å². The SMILES string of the molecule is O=C(c1nnc(C2CC2)o1)N1CCNCC1. The first kappa shape index (κ1) is 9.77. The van der Waals surface area contributed by atoms with Gasteiger partial charge in [-0.2, -0.15) is 0 Å². The first-order chi connectivity index (χ1) is 7.84. The number of hydrogen-bond donors (Lipinski definition) is 1. The van der Waals surface area contributed by atoms with Gasteiger partial charge < -0.3 is 14.6 Å². The van der Waals surface area contributed by atoms with Gasteiger partial charge in [-0.15, -0.1) is 10.2 Å². The van der Waals surface area contributed by atoms with E-state index in [0.29, 0.717) is 24.9 Å². The highest BCUT2D eigenvalue weighted by Crippen LogP contribution is 2.39. The van der Waals surface area contributed by atoms with Crippen molar-refractivity contribution in [1.29, 1.82) is 0 Å². The molecular formula is C10H14N4O2. The van der Waals surface area contributed by atoms with E-state index < -0.39 is 0 Å². The largest absolute Gasteiger partial charge is 0.417 e. The third-order valence-corrected chi connectivity index (χ3v) is 2.95. The normalized spacial score (nSPS) is 21.1. The lowest BCUT2D eigenvalue weighted by Gasteiger charge is -2.25. The Morgan fingerprint density at radius 3 is 2.75 bits per heavy atom. The molecule has 0 unspecified atom stereocenters. The Hall–Kier alpha value is -1.43. The minimum absolute atomic E-state index is 0.138. The van der Waals surface area contributed by atoms with Crippen LogP contribution in [0.25, 0.3) is 0 Å². The van der Waals surface area contributed by atoms with Crippen molar-refractivity contribution < 1.29 is 9.21 Å². The average molecular weight is 222 g/mol. The highest BCUT2D eigenvalue weighted by atomic mass is 16.4. The lowest BCUT2D eigenvalue weighted by Crippen LogP contribution is -2.46. The van der Waals surface area contributed by atoms with Gasteiger partial charge in [0.15, 0.2) is 0 Å². The van der Waals surface area contributed by atoms with Crippen molar-refractivity contribution in [1.82, 2.24) is 20.4 Å². The highest BCUT2D eigenvalue weighted by molar-refractivity contribution is 5.89. The van der Waals surface area contributed by atoms with Crippen LogP contribution in [0.3, 0.4) is 0 Å². The maximum absolute atomic E-state index is 12.0. The third kappa shape index (κ3) is 1.80. The lowest BCUT2D eigenvalue weighted by molar-refractivity contribution is 0.0693. The smallest absolute Gasteiger partial charge is 0.311 e. The molecule has 2 heterocycles. The molecule has 0 atom stereocenters. The molecule has 1 amide bonds. The van der Waals surface area contributed by atoms with Gasteiger partial charge in [0.05, 0.1) is 0 Å². The zero-order valence-electron chi connectivity index (χ0n) is 8.98. The number of piperazine rings is 1. The number of carbonyl (C=O) groups is 1. The molecule has 0 aromatic carbocycles. The molecule has 16 heavy (non-hydrogen) atoms. The standard InChI is InChI=1S/C10H14N4O2/c15-10(14-5-3-11-4-6-14)9-13-12-8(16-9)7-1-2-7/h7,11H,1-6H2. The van der Waals surface area contributed by atoms with E-state index in [-0.39, 0.29) is 11.8 Å². The van der Waals surface area contributed by atoms with Crippen LogP contribution in [0.2, 0.25) is 0 Å². The molecule has 1 saturated carbocycles. The molecule has 6 heteroatoms. The van der Waals surface area contributed by atoms with Crippen LogP contribution >= 0.6 is 0 Å². The Kier molecular flexibility index (Phi) is 2.36. The quantitative estimate of drug-likeness (QED) is 0.762. The van der Waals surface area contributed by atoms with Crippen molar-refractivity contribution in [2.45, 2.75) is 18.8 Å². The van der Waals surface area contributed by atoms with Gasteiger partial charge in [-0.25, -0.2) is 0 Å². The predicted molar refractivity (Wildman–Crippen MR) is 55.0 cm³/mol. The minimum atomic E-state index is -0.138. The maximum atomic E-state index is 12.0. The van der Waals surface area contributed by atoms with Gasteiger partial charge in [-0.1, -0.05) is 0 Å². The fraction of sp³-hybridized carbons (Fsp3) is 0.700. The third-order valence-electron chi connectivity index (χ3n) is 2.95. The summed E-state index contributed by atoms with van der Waals surface area (Å²) in [5.74, 6) is 1.03. The summed E-state index contributed by atoms with van der Waals surface area (Å²) >= 11 is 0. The summed E-state index contributed by atoms with van der Waals surface area (Å²) < 4.78 is 5.39. The molecule has 0 spiro atoms. The van der Waals surface area contributed by atoms with Gasteiger partial charge in [-0.05, 0) is 12.8 Å². The second-order valence-corrected chi connectivity index (χ2v) is 4.26. The summed E-state index contributed by atoms with van der Waals surface area (Å²) in [5, 5.41) is 10.9. The van der Waals surface area contributed by atoms with Crippen LogP contribution in [0.5, 0.6) is 0 Å². The van der Waals surface area contributed by atoms with Crippen LogP contribution in [0.1, 0.15) is 35.3 Å². The Morgan fingerprint density at radius 1 is 1.31 bits per heavy atom. The molecular weight excluding hydrogens is 208 g/mol. The Balaban J connectivity index is 1.71. The molecule has 1 aliphatic carbocycles. The summed E-state index contributed by atoms with van der Waals surface area (Å²) in [5.41, 5.74) is 0. The molecule has 1 saturated heterocycles. The zero-order valence-corrected chi connectivity index (χ0v) is 8.98. The molecule has 2 aliphatic rings. The Bertz CT molecular complexity index is 393. The summed E-state index contributed by atoms with van der Waals surface area (Å²) in [4.78, 5) is 13.7. The molecule has 1 aliphatic heterocycles. The van der Waals surface area contributed by atoms with Gasteiger partial charge in [0.1, 0.15) is 0 Å². The molecule has 2 fully saturated rings. The zero-order chi connectivity index (χ0) is 11.0. The first-order valence-electron chi connectivity index (χ1n) is 5.68. The molecule has 1 aromatic heterocycles. The van der Waals surface area contributed by atoms with E-state index >= 15 is 0 Å². The molecule has 6 nitrogen and oxygen atoms in total. The Labute approximate surface area is 93.0 Å². The number of aromatic nitrogens is 2. The maximum Gasteiger partial charge on any atom is 0.311 e. The van der Waals surface area contributed by atoms with Gasteiger partial charge in [0.2, 0.25) is 5.89 Å². The molecule has 1 aromatic rings. The van der Waals surface area contributed by atoms with Crippen molar-refractivity contribution in [2.75, 3.05) is 26.2 Å². The van der Waals surface area contributed by atoms with Gasteiger partial charge in [-0.3, -0.25) is 4.79 Å². The molecule has 86 valence electrons. The number of rotatable bonds is 2. The van der Waals surface area contributed by atoms with E-state index in [4.69, 9.17) is 4.42 Å². The fourth-order valence-corrected chi connectivity index (χ4v) is 1.82. The second-order valence-electron chi connectivity index (χ2n) is 4.26. The topological polar surface area (TPSA) is 71.3 Å². The van der Waals surface area contributed by atoms with Gasteiger partial charge in [0, 0.05) is 32.1 Å². The average Bonchev–Trinajstić information content (AvgIpc) is 3.08. The van der Waals surface area contributed by atoms with E-state index in [1.54, 1.807) is 4.90 Å². The van der Waals surface area contributed by atoms with Crippen LogP contribution in [0.15, 0.2) is 4.42 Å². The van der Waals surface area contributed by atoms with Crippen molar-refractivity contribution in [3.05, 3.63) is 11.8 Å². The Morgan fingerprint density at radius 2 is 2.06 bits per heavy atom. The van der Waals surface area contributed by atoms with Crippen molar-refractivity contribution >= 4 is 5.91 Å². The highest BCUT2D eigenvalue weighted by Gasteiger charge is 2.31. The van der Waals surface area contributed by atoms with E-state index in [9.17, 15) is 4.79 Å². The van der Waals surface area contributed by atoms with Gasteiger partial charge in [0.25, 0.3) is 0 Å². The summed E-state index contributed by atoms with van der Waals surface area (Å²) in [6, 6.07) is 0. The number of hydrogen-bond acceptors (Lipinski definition) is 5. The summed E-state index contributed by atoms with van der Waals surface area (Å²) in [6.07, 6.45) is 2.20. The fourth-order valence-electron chi connectivity index (χ4n) is 1.82. The van der Waals surface area contributed by atoms with Crippen LogP contribution in [-0.2, 0) is 0 Å². The number of amides is 1. The van der Waals surface area contributed by atoms with Crippen LogP contribution in [0.4, 0.5) is 0 Å². The first-order valence-corrected chi connectivity index (χ1v) is 5.68. The monoisotopic (exact) mass is 222 g/mol. The van der Waals surface area contributed by atoms with Gasteiger partial charge >= 0.3 is 11.8 Å². The summed E-state index contributed by atoms with van der Waals surface area (Å²) in [6.45, 7) is 3.07. The van der Waals surface area contributed by atoms with E-state index in [0.717, 1.165) is 25.9 Å². The van der Waals surface area contributed by atoms with E-state index in [1.165, 1.54) is 0 Å². The summed E-state index contributed by atoms with van der Waals surface area (Å²) in [7, 11) is 0.